The maximum atomic E-state index is 13.0. The van der Waals surface area contributed by atoms with Crippen LogP contribution in [0.3, 0.4) is 0 Å². The van der Waals surface area contributed by atoms with E-state index in [1.54, 1.807) is 29.2 Å². The summed E-state index contributed by atoms with van der Waals surface area (Å²) in [5, 5.41) is 1.93. The third kappa shape index (κ3) is 3.97. The van der Waals surface area contributed by atoms with Crippen LogP contribution in [0.2, 0.25) is 0 Å². The number of benzene rings is 2. The number of thiophene rings is 1. The molecule has 30 heavy (non-hydrogen) atoms. The number of carbonyl (C=O) groups excluding carboxylic acids is 3. The second-order valence-electron chi connectivity index (χ2n) is 7.18. The molecule has 2 unspecified atom stereocenters. The molecule has 152 valence electrons. The van der Waals surface area contributed by atoms with Gasteiger partial charge >= 0.3 is 0 Å². The molecule has 7 heteroatoms. The van der Waals surface area contributed by atoms with Crippen LogP contribution < -0.4 is 15.8 Å². The van der Waals surface area contributed by atoms with E-state index in [0.717, 1.165) is 16.1 Å². The molecule has 0 spiro atoms. The van der Waals surface area contributed by atoms with E-state index in [9.17, 15) is 14.4 Å². The summed E-state index contributed by atoms with van der Waals surface area (Å²) >= 11 is 1.50. The lowest BCUT2D eigenvalue weighted by Gasteiger charge is -2.27. The molecular weight excluding hydrogens is 398 g/mol. The van der Waals surface area contributed by atoms with Crippen molar-refractivity contribution in [2.45, 2.75) is 19.4 Å². The maximum Gasteiger partial charge on any atom is 0.269 e. The Morgan fingerprint density at radius 3 is 2.37 bits per heavy atom. The van der Waals surface area contributed by atoms with E-state index >= 15 is 0 Å². The van der Waals surface area contributed by atoms with Gasteiger partial charge in [-0.1, -0.05) is 42.0 Å². The van der Waals surface area contributed by atoms with Crippen LogP contribution in [0.1, 0.15) is 33.3 Å². The van der Waals surface area contributed by atoms with Crippen LogP contribution >= 0.6 is 11.3 Å². The van der Waals surface area contributed by atoms with Gasteiger partial charge in [0.05, 0.1) is 12.0 Å². The smallest absolute Gasteiger partial charge is 0.269 e. The molecule has 2 aromatic carbocycles. The summed E-state index contributed by atoms with van der Waals surface area (Å²) in [6.07, 6.45) is 0.0729. The van der Waals surface area contributed by atoms with E-state index in [0.29, 0.717) is 5.56 Å². The van der Waals surface area contributed by atoms with Crippen molar-refractivity contribution in [3.8, 4) is 0 Å². The Bertz CT molecular complexity index is 1050. The Kier molecular flexibility index (Phi) is 5.63. The van der Waals surface area contributed by atoms with Gasteiger partial charge in [-0.3, -0.25) is 25.2 Å². The highest BCUT2D eigenvalue weighted by atomic mass is 32.1. The molecule has 1 saturated heterocycles. The van der Waals surface area contributed by atoms with Crippen molar-refractivity contribution in [3.63, 3.8) is 0 Å². The van der Waals surface area contributed by atoms with Crippen molar-refractivity contribution in [3.05, 3.63) is 88.1 Å². The Morgan fingerprint density at radius 1 is 0.967 bits per heavy atom. The fourth-order valence-corrected chi connectivity index (χ4v) is 4.52. The van der Waals surface area contributed by atoms with E-state index in [4.69, 9.17) is 0 Å². The van der Waals surface area contributed by atoms with Gasteiger partial charge in [-0.15, -0.1) is 11.3 Å². The zero-order chi connectivity index (χ0) is 21.1. The largest absolute Gasteiger partial charge is 0.303 e. The lowest BCUT2D eigenvalue weighted by molar-refractivity contribution is -0.127. The molecule has 0 aliphatic carbocycles. The first-order chi connectivity index (χ1) is 14.5. The molecule has 1 aliphatic heterocycles. The van der Waals surface area contributed by atoms with Crippen molar-refractivity contribution >= 4 is 34.7 Å². The van der Waals surface area contributed by atoms with Gasteiger partial charge < -0.3 is 4.90 Å². The number of hydrogen-bond acceptors (Lipinski definition) is 4. The lowest BCUT2D eigenvalue weighted by Crippen LogP contribution is -2.45. The van der Waals surface area contributed by atoms with Crippen molar-refractivity contribution in [1.82, 2.24) is 10.9 Å². The van der Waals surface area contributed by atoms with Crippen molar-refractivity contribution in [2.75, 3.05) is 4.90 Å². The molecule has 1 fully saturated rings. The SMILES string of the molecule is Cc1ccc(N2C(=O)CC(C(=O)NNC(=O)c3ccccc3)C2c2cccs2)cc1. The minimum atomic E-state index is -0.617. The summed E-state index contributed by atoms with van der Waals surface area (Å²) < 4.78 is 0. The van der Waals surface area contributed by atoms with E-state index in [1.807, 2.05) is 54.8 Å². The van der Waals surface area contributed by atoms with Crippen LogP contribution in [0.4, 0.5) is 5.69 Å². The first-order valence-electron chi connectivity index (χ1n) is 9.62. The highest BCUT2D eigenvalue weighted by molar-refractivity contribution is 7.10. The fraction of sp³-hybridized carbons (Fsp3) is 0.174. The molecule has 2 heterocycles. The number of nitrogens with zero attached hydrogens (tertiary/aromatic N) is 1. The highest BCUT2D eigenvalue weighted by Gasteiger charge is 2.45. The van der Waals surface area contributed by atoms with Gasteiger partial charge in [0.15, 0.2) is 0 Å². The lowest BCUT2D eigenvalue weighted by atomic mass is 9.98. The number of carbonyl (C=O) groups is 3. The van der Waals surface area contributed by atoms with Gasteiger partial charge in [-0.2, -0.15) is 0 Å². The summed E-state index contributed by atoms with van der Waals surface area (Å²) in [5.41, 5.74) is 7.25. The predicted molar refractivity (Wildman–Crippen MR) is 116 cm³/mol. The second kappa shape index (κ2) is 8.51. The number of rotatable bonds is 4. The molecule has 1 aliphatic rings. The number of hydrogen-bond donors (Lipinski definition) is 2. The first kappa shape index (κ1) is 19.8. The Labute approximate surface area is 178 Å². The molecule has 0 bridgehead atoms. The quantitative estimate of drug-likeness (QED) is 0.634. The van der Waals surface area contributed by atoms with Crippen LogP contribution in [0.5, 0.6) is 0 Å². The van der Waals surface area contributed by atoms with Gasteiger partial charge in [0.1, 0.15) is 0 Å². The van der Waals surface area contributed by atoms with Crippen molar-refractivity contribution in [2.24, 2.45) is 5.92 Å². The number of hydrazine groups is 1. The number of anilines is 1. The molecule has 3 amide bonds. The summed E-state index contributed by atoms with van der Waals surface area (Å²) in [6, 6.07) is 19.7. The predicted octanol–water partition coefficient (Wildman–Crippen LogP) is 3.61. The average Bonchev–Trinajstić information content (AvgIpc) is 3.41. The van der Waals surface area contributed by atoms with E-state index < -0.39 is 17.9 Å². The first-order valence-corrected chi connectivity index (χ1v) is 10.5. The maximum absolute atomic E-state index is 13.0. The zero-order valence-corrected chi connectivity index (χ0v) is 17.2. The van der Waals surface area contributed by atoms with Gasteiger partial charge in [-0.25, -0.2) is 0 Å². The molecule has 2 atom stereocenters. The fourth-order valence-electron chi connectivity index (χ4n) is 3.64. The standard InChI is InChI=1S/C23H21N3O3S/c1-15-9-11-17(12-10-15)26-20(27)14-18(21(26)19-8-5-13-30-19)23(29)25-24-22(28)16-6-3-2-4-7-16/h2-13,18,21H,14H2,1H3,(H,24,28)(H,25,29). The van der Waals surface area contributed by atoms with Gasteiger partial charge in [0.2, 0.25) is 11.8 Å². The molecule has 2 N–H and O–H groups in total. The minimum absolute atomic E-state index is 0.0729. The number of amides is 3. The molecule has 1 aromatic heterocycles. The summed E-state index contributed by atoms with van der Waals surface area (Å²) in [7, 11) is 0. The topological polar surface area (TPSA) is 78.5 Å². The third-order valence-electron chi connectivity index (χ3n) is 5.14. The molecule has 6 nitrogen and oxygen atoms in total. The monoisotopic (exact) mass is 419 g/mol. The number of nitrogens with one attached hydrogen (secondary N) is 2. The van der Waals surface area contributed by atoms with Crippen molar-refractivity contribution in [1.29, 1.82) is 0 Å². The Balaban J connectivity index is 1.55. The molecule has 0 radical (unpaired) electrons. The van der Waals surface area contributed by atoms with Gasteiger partial charge in [-0.05, 0) is 42.6 Å². The summed E-state index contributed by atoms with van der Waals surface area (Å²) in [6.45, 7) is 1.98. The summed E-state index contributed by atoms with van der Waals surface area (Å²) in [5.74, 6) is -1.53. The van der Waals surface area contributed by atoms with Gasteiger partial charge in [0, 0.05) is 22.5 Å². The van der Waals surface area contributed by atoms with Crippen LogP contribution in [0.15, 0.2) is 72.1 Å². The van der Waals surface area contributed by atoms with Crippen LogP contribution in [0, 0.1) is 12.8 Å². The Hall–Kier alpha value is -3.45. The van der Waals surface area contributed by atoms with Gasteiger partial charge in [0.25, 0.3) is 5.91 Å². The normalized spacial score (nSPS) is 18.3. The second-order valence-corrected chi connectivity index (χ2v) is 8.16. The van der Waals surface area contributed by atoms with E-state index in [2.05, 4.69) is 10.9 Å². The van der Waals surface area contributed by atoms with Crippen LogP contribution in [-0.2, 0) is 9.59 Å². The van der Waals surface area contributed by atoms with E-state index in [-0.39, 0.29) is 18.2 Å². The van der Waals surface area contributed by atoms with Crippen molar-refractivity contribution < 1.29 is 14.4 Å². The average molecular weight is 420 g/mol. The summed E-state index contributed by atoms with van der Waals surface area (Å²) in [4.78, 5) is 40.7. The molecular formula is C23H21N3O3S. The van der Waals surface area contributed by atoms with E-state index in [1.165, 1.54) is 11.3 Å². The van der Waals surface area contributed by atoms with Crippen LogP contribution in [-0.4, -0.2) is 17.7 Å². The molecule has 4 rings (SSSR count). The highest BCUT2D eigenvalue weighted by Crippen LogP contribution is 2.42. The third-order valence-corrected chi connectivity index (χ3v) is 6.08. The Morgan fingerprint density at radius 2 is 1.70 bits per heavy atom. The molecule has 0 saturated carbocycles. The van der Waals surface area contributed by atoms with Crippen LogP contribution in [0.25, 0.3) is 0 Å². The zero-order valence-electron chi connectivity index (χ0n) is 16.4. The molecule has 3 aromatic rings. The number of aryl methyl sites for hydroxylation is 1. The minimum Gasteiger partial charge on any atom is -0.303 e.